The number of hydrogen-bond acceptors (Lipinski definition) is 3. The quantitative estimate of drug-likeness (QED) is 0.433. The van der Waals surface area contributed by atoms with Gasteiger partial charge in [0.1, 0.15) is 17.1 Å². The second kappa shape index (κ2) is 5.24. The Morgan fingerprint density at radius 2 is 1.65 bits per heavy atom. The summed E-state index contributed by atoms with van der Waals surface area (Å²) in [6, 6.07) is 17.1. The number of benzene rings is 2. The molecule has 31 heavy (non-hydrogen) atoms. The number of ether oxygens (including phenoxy) is 2. The molecule has 5 aliphatic rings. The fourth-order valence-electron chi connectivity index (χ4n) is 7.96. The number of hydrogen-bond donors (Lipinski definition) is 0. The predicted molar refractivity (Wildman–Crippen MR) is 117 cm³/mol. The summed E-state index contributed by atoms with van der Waals surface area (Å²) in [4.78, 5) is 13.8. The number of epoxide rings is 1. The van der Waals surface area contributed by atoms with Crippen molar-refractivity contribution in [2.75, 3.05) is 21.1 Å². The number of nitrogens with zero attached hydrogens (tertiary/aromatic N) is 1. The Bertz CT molecular complexity index is 1100. The first-order valence-electron chi connectivity index (χ1n) is 11.6. The fraction of sp³-hybridized carbons (Fsp3) is 0.519. The largest absolute Gasteiger partial charge is 0.461 e. The van der Waals surface area contributed by atoms with Crippen LogP contribution in [0.25, 0.3) is 11.1 Å². The van der Waals surface area contributed by atoms with Crippen LogP contribution in [0.15, 0.2) is 48.5 Å². The van der Waals surface area contributed by atoms with Crippen molar-refractivity contribution in [2.24, 2.45) is 11.3 Å². The van der Waals surface area contributed by atoms with Gasteiger partial charge in [-0.2, -0.15) is 0 Å². The molecule has 3 saturated carbocycles. The summed E-state index contributed by atoms with van der Waals surface area (Å²) in [6.45, 7) is 2.05. The van der Waals surface area contributed by atoms with Crippen molar-refractivity contribution in [3.05, 3.63) is 59.7 Å². The molecule has 4 aliphatic carbocycles. The molecule has 4 heteroatoms. The molecule has 4 fully saturated rings. The molecule has 0 bridgehead atoms. The molecule has 2 aromatic carbocycles. The molecule has 1 heterocycles. The van der Waals surface area contributed by atoms with Gasteiger partial charge in [-0.3, -0.25) is 4.79 Å². The maximum absolute atomic E-state index is 13.8. The molecule has 0 N–H and O–H groups in total. The highest BCUT2D eigenvalue weighted by atomic mass is 16.7. The molecular weight excluding hydrogens is 386 g/mol. The van der Waals surface area contributed by atoms with Crippen molar-refractivity contribution < 1.29 is 18.8 Å². The molecule has 4 nitrogen and oxygen atoms in total. The average Bonchev–Trinajstić information content (AvgIpc) is 3.45. The van der Waals surface area contributed by atoms with Crippen molar-refractivity contribution in [1.29, 1.82) is 0 Å². The first-order valence-corrected chi connectivity index (χ1v) is 11.6. The van der Waals surface area contributed by atoms with Crippen LogP contribution < -0.4 is 0 Å². The minimum absolute atomic E-state index is 0.0102. The minimum atomic E-state index is -0.749. The van der Waals surface area contributed by atoms with Gasteiger partial charge in [-0.1, -0.05) is 48.5 Å². The number of fused-ring (bicyclic) bond motifs is 5. The number of quaternary nitrogens is 1. The van der Waals surface area contributed by atoms with Crippen LogP contribution in [-0.4, -0.2) is 55.4 Å². The van der Waals surface area contributed by atoms with E-state index in [0.29, 0.717) is 23.5 Å². The molecule has 0 aromatic heterocycles. The maximum Gasteiger partial charge on any atom is 0.321 e. The Morgan fingerprint density at radius 3 is 2.13 bits per heavy atom. The van der Waals surface area contributed by atoms with Gasteiger partial charge < -0.3 is 14.0 Å². The monoisotopic (exact) mass is 416 g/mol. The molecule has 7 rings (SSSR count). The lowest BCUT2D eigenvalue weighted by molar-refractivity contribution is -0.904. The van der Waals surface area contributed by atoms with Gasteiger partial charge in [-0.15, -0.1) is 0 Å². The zero-order valence-corrected chi connectivity index (χ0v) is 18.7. The Kier molecular flexibility index (Phi) is 3.11. The lowest BCUT2D eigenvalue weighted by Crippen LogP contribution is -2.59. The van der Waals surface area contributed by atoms with Gasteiger partial charge in [0, 0.05) is 17.8 Å². The first kappa shape index (κ1) is 18.4. The van der Waals surface area contributed by atoms with Gasteiger partial charge in [-0.25, -0.2) is 0 Å². The summed E-state index contributed by atoms with van der Waals surface area (Å²) in [6.07, 6.45) is 3.59. The molecule has 6 atom stereocenters. The van der Waals surface area contributed by atoms with Crippen LogP contribution in [0.5, 0.6) is 0 Å². The summed E-state index contributed by atoms with van der Waals surface area (Å²) in [5, 5.41) is 0. The topological polar surface area (TPSA) is 38.8 Å². The Hall–Kier alpha value is -2.17. The number of rotatable bonds is 3. The number of esters is 1. The van der Waals surface area contributed by atoms with E-state index in [1.807, 2.05) is 19.1 Å². The SMILES string of the molecule is CC1(C(=O)O[C@H]2CC([N+](C)(C)C)C3(C2)CC24OC2C34)c2ccccc2-c2ccccc21. The molecule has 1 aliphatic heterocycles. The maximum atomic E-state index is 13.8. The summed E-state index contributed by atoms with van der Waals surface area (Å²) in [5.41, 5.74) is 4.22. The van der Waals surface area contributed by atoms with E-state index in [4.69, 9.17) is 9.47 Å². The molecule has 2 aromatic rings. The van der Waals surface area contributed by atoms with Gasteiger partial charge in [0.05, 0.1) is 33.3 Å². The van der Waals surface area contributed by atoms with E-state index in [0.717, 1.165) is 46.0 Å². The second-order valence-corrected chi connectivity index (χ2v) is 11.7. The Labute approximate surface area is 183 Å². The van der Waals surface area contributed by atoms with Gasteiger partial charge >= 0.3 is 5.97 Å². The van der Waals surface area contributed by atoms with E-state index in [9.17, 15) is 4.79 Å². The average molecular weight is 417 g/mol. The summed E-state index contributed by atoms with van der Waals surface area (Å²) in [5.74, 6) is 0.605. The van der Waals surface area contributed by atoms with Crippen LogP contribution in [0.3, 0.4) is 0 Å². The highest BCUT2D eigenvalue weighted by Gasteiger charge is 2.98. The number of carbonyl (C=O) groups excluding carboxylic acids is 1. The predicted octanol–water partition coefficient (Wildman–Crippen LogP) is 3.91. The smallest absolute Gasteiger partial charge is 0.321 e. The molecule has 0 radical (unpaired) electrons. The fourth-order valence-corrected chi connectivity index (χ4v) is 7.96. The Balaban J connectivity index is 1.21. The summed E-state index contributed by atoms with van der Waals surface area (Å²) in [7, 11) is 6.88. The van der Waals surface area contributed by atoms with E-state index in [1.165, 1.54) is 0 Å². The lowest BCUT2D eigenvalue weighted by Gasteiger charge is -2.50. The normalized spacial score (nSPS) is 39.7. The van der Waals surface area contributed by atoms with E-state index in [2.05, 4.69) is 57.5 Å². The third kappa shape index (κ3) is 2.02. The van der Waals surface area contributed by atoms with Crippen LogP contribution in [0.1, 0.15) is 37.3 Å². The zero-order chi connectivity index (χ0) is 21.4. The highest BCUT2D eigenvalue weighted by Crippen LogP contribution is 2.87. The van der Waals surface area contributed by atoms with E-state index < -0.39 is 5.41 Å². The highest BCUT2D eigenvalue weighted by molar-refractivity contribution is 5.97. The van der Waals surface area contributed by atoms with Gasteiger partial charge in [-0.05, 0) is 42.0 Å². The second-order valence-electron chi connectivity index (χ2n) is 11.7. The standard InChI is InChI=1S/C27H30NO3/c1-25(19-11-7-5-9-17(19)18-10-6-8-12-20(18)25)24(29)30-16-13-21(28(2,3)4)26(14-16)15-27-22(26)23(27)31-27/h5-12,16,21-23H,13-15H2,1-4H3/q+1/t16-,21?,22?,23?,26?,27?/m0/s1. The molecular formula is C27H30NO3+. The van der Waals surface area contributed by atoms with Gasteiger partial charge in [0.2, 0.25) is 0 Å². The molecule has 1 saturated heterocycles. The van der Waals surface area contributed by atoms with E-state index in [1.54, 1.807) is 0 Å². The van der Waals surface area contributed by atoms with Crippen LogP contribution in [-0.2, 0) is 19.7 Å². The third-order valence-corrected chi connectivity index (χ3v) is 9.31. The zero-order valence-electron chi connectivity index (χ0n) is 18.7. The molecule has 160 valence electrons. The molecule has 5 unspecified atom stereocenters. The third-order valence-electron chi connectivity index (χ3n) is 9.31. The minimum Gasteiger partial charge on any atom is -0.461 e. The van der Waals surface area contributed by atoms with Crippen molar-refractivity contribution in [1.82, 2.24) is 0 Å². The van der Waals surface area contributed by atoms with Crippen molar-refractivity contribution in [3.63, 3.8) is 0 Å². The first-order chi connectivity index (χ1) is 14.7. The number of carbonyl (C=O) groups is 1. The van der Waals surface area contributed by atoms with Gasteiger partial charge in [0.15, 0.2) is 0 Å². The van der Waals surface area contributed by atoms with Crippen LogP contribution >= 0.6 is 0 Å². The van der Waals surface area contributed by atoms with E-state index >= 15 is 0 Å². The Morgan fingerprint density at radius 1 is 1.03 bits per heavy atom. The lowest BCUT2D eigenvalue weighted by atomic mass is 9.62. The van der Waals surface area contributed by atoms with Crippen LogP contribution in [0.2, 0.25) is 0 Å². The van der Waals surface area contributed by atoms with Crippen molar-refractivity contribution >= 4 is 5.97 Å². The summed E-state index contributed by atoms with van der Waals surface area (Å²) < 4.78 is 13.1. The summed E-state index contributed by atoms with van der Waals surface area (Å²) >= 11 is 0. The van der Waals surface area contributed by atoms with Crippen LogP contribution in [0.4, 0.5) is 0 Å². The van der Waals surface area contributed by atoms with Crippen molar-refractivity contribution in [2.45, 2.75) is 55.5 Å². The molecule has 2 spiro atoms. The van der Waals surface area contributed by atoms with Crippen molar-refractivity contribution in [3.8, 4) is 11.1 Å². The van der Waals surface area contributed by atoms with E-state index in [-0.39, 0.29) is 17.7 Å². The molecule has 0 amide bonds. The van der Waals surface area contributed by atoms with Gasteiger partial charge in [0.25, 0.3) is 0 Å². The van der Waals surface area contributed by atoms with Crippen LogP contribution in [0, 0.1) is 11.3 Å².